The molecule has 0 saturated carbocycles. The van der Waals surface area contributed by atoms with Crippen molar-refractivity contribution in [2.24, 2.45) is 0 Å². The highest BCUT2D eigenvalue weighted by molar-refractivity contribution is 5.85. The van der Waals surface area contributed by atoms with E-state index in [4.69, 9.17) is 0 Å². The van der Waals surface area contributed by atoms with E-state index in [0.717, 1.165) is 12.8 Å². The van der Waals surface area contributed by atoms with Gasteiger partial charge in [0.15, 0.2) is 6.29 Å². The number of carbonyl (C=O) groups excluding carboxylic acids is 1. The van der Waals surface area contributed by atoms with E-state index in [1.54, 1.807) is 13.0 Å². The molecule has 0 aromatic heterocycles. The molecule has 128 valence electrons. The standard InChI is InChI=1S/C20H30O3/c1-3-4-5-6-7-8-9-10-11-12-13-17-19(22)14-16(2)18(15-21)20(17)23/h12-15,22-23H,3-11H2,1-2H3/b13-12+. The number of aromatic hydroxyl groups is 2. The van der Waals surface area contributed by atoms with Gasteiger partial charge in [0.25, 0.3) is 0 Å². The van der Waals surface area contributed by atoms with Crippen LogP contribution in [0, 0.1) is 6.92 Å². The highest BCUT2D eigenvalue weighted by atomic mass is 16.3. The SMILES string of the molecule is CCCCCCCCCC/C=C/c1c(O)cc(C)c(C=O)c1O. The molecule has 0 radical (unpaired) electrons. The molecule has 1 aromatic carbocycles. The number of hydrogen-bond donors (Lipinski definition) is 2. The minimum Gasteiger partial charge on any atom is -0.507 e. The normalized spacial score (nSPS) is 11.2. The smallest absolute Gasteiger partial charge is 0.154 e. The Balaban J connectivity index is 2.37. The second kappa shape index (κ2) is 10.9. The molecule has 0 saturated heterocycles. The van der Waals surface area contributed by atoms with Crippen molar-refractivity contribution in [1.82, 2.24) is 0 Å². The second-order valence-electron chi connectivity index (χ2n) is 6.17. The lowest BCUT2D eigenvalue weighted by atomic mass is 10.0. The number of phenolic OH excluding ortho intramolecular Hbond substituents is 2. The van der Waals surface area contributed by atoms with Crippen molar-refractivity contribution in [3.8, 4) is 11.5 Å². The number of aldehydes is 1. The van der Waals surface area contributed by atoms with Crippen LogP contribution >= 0.6 is 0 Å². The van der Waals surface area contributed by atoms with Crippen molar-refractivity contribution in [2.45, 2.75) is 71.6 Å². The predicted molar refractivity (Wildman–Crippen MR) is 96.2 cm³/mol. The van der Waals surface area contributed by atoms with Crippen molar-refractivity contribution in [3.05, 3.63) is 28.8 Å². The van der Waals surface area contributed by atoms with Gasteiger partial charge in [0.1, 0.15) is 11.5 Å². The maximum Gasteiger partial charge on any atom is 0.154 e. The molecule has 1 aromatic rings. The maximum atomic E-state index is 11.0. The monoisotopic (exact) mass is 318 g/mol. The number of unbranched alkanes of at least 4 members (excludes halogenated alkanes) is 8. The fraction of sp³-hybridized carbons (Fsp3) is 0.550. The second-order valence-corrected chi connectivity index (χ2v) is 6.17. The first-order valence-corrected chi connectivity index (χ1v) is 8.79. The van der Waals surface area contributed by atoms with Gasteiger partial charge in [-0.3, -0.25) is 4.79 Å². The van der Waals surface area contributed by atoms with Crippen LogP contribution in [0.15, 0.2) is 12.1 Å². The van der Waals surface area contributed by atoms with Crippen LogP contribution < -0.4 is 0 Å². The first kappa shape index (κ1) is 19.3. The summed E-state index contributed by atoms with van der Waals surface area (Å²) in [4.78, 5) is 11.0. The number of benzene rings is 1. The van der Waals surface area contributed by atoms with Crippen LogP contribution in [0.5, 0.6) is 11.5 Å². The van der Waals surface area contributed by atoms with Gasteiger partial charge in [-0.05, 0) is 31.4 Å². The Morgan fingerprint density at radius 3 is 2.17 bits per heavy atom. The average Bonchev–Trinajstić information content (AvgIpc) is 2.52. The Labute approximate surface area is 140 Å². The maximum absolute atomic E-state index is 11.0. The molecular weight excluding hydrogens is 288 g/mol. The summed E-state index contributed by atoms with van der Waals surface area (Å²) in [5.41, 5.74) is 1.15. The number of hydrogen-bond acceptors (Lipinski definition) is 3. The molecule has 2 N–H and O–H groups in total. The Kier molecular flexibility index (Phi) is 9.11. The lowest BCUT2D eigenvalue weighted by molar-refractivity contribution is 0.112. The van der Waals surface area contributed by atoms with E-state index in [-0.39, 0.29) is 17.1 Å². The van der Waals surface area contributed by atoms with E-state index in [0.29, 0.717) is 17.4 Å². The number of aryl methyl sites for hydroxylation is 1. The molecule has 0 heterocycles. The van der Waals surface area contributed by atoms with Gasteiger partial charge in [0.2, 0.25) is 0 Å². The Bertz CT molecular complexity index is 518. The van der Waals surface area contributed by atoms with Gasteiger partial charge >= 0.3 is 0 Å². The van der Waals surface area contributed by atoms with E-state index >= 15 is 0 Å². The highest BCUT2D eigenvalue weighted by Crippen LogP contribution is 2.33. The molecule has 1 rings (SSSR count). The zero-order valence-corrected chi connectivity index (χ0v) is 14.5. The molecule has 0 bridgehead atoms. The van der Waals surface area contributed by atoms with Crippen molar-refractivity contribution < 1.29 is 15.0 Å². The number of phenols is 2. The molecule has 0 unspecified atom stereocenters. The van der Waals surface area contributed by atoms with E-state index in [1.807, 2.05) is 6.08 Å². The van der Waals surface area contributed by atoms with Gasteiger partial charge in [0, 0.05) is 0 Å². The molecule has 23 heavy (non-hydrogen) atoms. The Morgan fingerprint density at radius 2 is 1.57 bits per heavy atom. The van der Waals surface area contributed by atoms with E-state index < -0.39 is 0 Å². The quantitative estimate of drug-likeness (QED) is 0.402. The van der Waals surface area contributed by atoms with Gasteiger partial charge in [-0.2, -0.15) is 0 Å². The topological polar surface area (TPSA) is 57.5 Å². The number of allylic oxidation sites excluding steroid dienone is 1. The summed E-state index contributed by atoms with van der Waals surface area (Å²) in [5, 5.41) is 20.0. The Hall–Kier alpha value is -1.77. The third kappa shape index (κ3) is 6.47. The minimum atomic E-state index is -0.135. The molecule has 0 amide bonds. The van der Waals surface area contributed by atoms with Crippen LogP contribution in [0.4, 0.5) is 0 Å². The first-order chi connectivity index (χ1) is 11.1. The molecule has 0 aliphatic carbocycles. The van der Waals surface area contributed by atoms with Crippen LogP contribution in [0.1, 0.15) is 86.2 Å². The minimum absolute atomic E-state index is 0.0118. The molecule has 0 spiro atoms. The van der Waals surface area contributed by atoms with Gasteiger partial charge in [-0.25, -0.2) is 0 Å². The molecule has 0 aliphatic rings. The Morgan fingerprint density at radius 1 is 0.957 bits per heavy atom. The van der Waals surface area contributed by atoms with Crippen LogP contribution in [0.2, 0.25) is 0 Å². The highest BCUT2D eigenvalue weighted by Gasteiger charge is 2.12. The van der Waals surface area contributed by atoms with Crippen LogP contribution in [-0.2, 0) is 0 Å². The predicted octanol–water partition coefficient (Wildman–Crippen LogP) is 5.76. The lowest BCUT2D eigenvalue weighted by Crippen LogP contribution is -1.90. The summed E-state index contributed by atoms with van der Waals surface area (Å²) in [5.74, 6) is -0.123. The van der Waals surface area contributed by atoms with Crippen molar-refractivity contribution >= 4 is 12.4 Å². The van der Waals surface area contributed by atoms with Crippen molar-refractivity contribution in [3.63, 3.8) is 0 Å². The summed E-state index contributed by atoms with van der Waals surface area (Å²) < 4.78 is 0. The van der Waals surface area contributed by atoms with Crippen LogP contribution in [0.3, 0.4) is 0 Å². The molecular formula is C20H30O3. The summed E-state index contributed by atoms with van der Waals surface area (Å²) in [6.45, 7) is 3.92. The molecule has 0 fully saturated rings. The number of rotatable bonds is 11. The third-order valence-corrected chi connectivity index (χ3v) is 4.19. The van der Waals surface area contributed by atoms with E-state index in [2.05, 4.69) is 6.92 Å². The number of carbonyl (C=O) groups is 1. The molecule has 3 nitrogen and oxygen atoms in total. The summed E-state index contributed by atoms with van der Waals surface area (Å²) in [6.07, 6.45) is 15.4. The van der Waals surface area contributed by atoms with Gasteiger partial charge < -0.3 is 10.2 Å². The zero-order chi connectivity index (χ0) is 17.1. The summed E-state index contributed by atoms with van der Waals surface area (Å²) in [6, 6.07) is 1.51. The van der Waals surface area contributed by atoms with Crippen molar-refractivity contribution in [2.75, 3.05) is 0 Å². The zero-order valence-electron chi connectivity index (χ0n) is 14.5. The fourth-order valence-electron chi connectivity index (χ4n) is 2.72. The first-order valence-electron chi connectivity index (χ1n) is 8.79. The van der Waals surface area contributed by atoms with E-state index in [1.165, 1.54) is 51.0 Å². The van der Waals surface area contributed by atoms with Gasteiger partial charge in [-0.1, -0.05) is 64.0 Å². The molecule has 3 heteroatoms. The molecule has 0 aliphatic heterocycles. The van der Waals surface area contributed by atoms with Crippen LogP contribution in [-0.4, -0.2) is 16.5 Å². The largest absolute Gasteiger partial charge is 0.507 e. The summed E-state index contributed by atoms with van der Waals surface area (Å²) in [7, 11) is 0. The molecule has 0 atom stereocenters. The van der Waals surface area contributed by atoms with Gasteiger partial charge in [0.05, 0.1) is 11.1 Å². The third-order valence-electron chi connectivity index (χ3n) is 4.19. The summed E-state index contributed by atoms with van der Waals surface area (Å²) >= 11 is 0. The average molecular weight is 318 g/mol. The fourth-order valence-corrected chi connectivity index (χ4v) is 2.72. The van der Waals surface area contributed by atoms with E-state index in [9.17, 15) is 15.0 Å². The van der Waals surface area contributed by atoms with Crippen LogP contribution in [0.25, 0.3) is 6.08 Å². The van der Waals surface area contributed by atoms with Crippen molar-refractivity contribution in [1.29, 1.82) is 0 Å². The van der Waals surface area contributed by atoms with Gasteiger partial charge in [-0.15, -0.1) is 0 Å². The lowest BCUT2D eigenvalue weighted by Gasteiger charge is -2.08.